The molecule has 2 aliphatic heterocycles. The number of benzene rings is 3. The molecule has 2 aromatic heterocycles. The number of carbonyl (C=O) groups excluding carboxylic acids is 4. The van der Waals surface area contributed by atoms with E-state index in [0.717, 1.165) is 38.5 Å². The second-order valence-corrected chi connectivity index (χ2v) is 20.0. The number of nitrogens with one attached hydrogen (secondary N) is 3. The van der Waals surface area contributed by atoms with Gasteiger partial charge in [-0.3, -0.25) is 28.7 Å². The number of hydrogen-bond acceptors (Lipinski definition) is 15. The third-order valence-corrected chi connectivity index (χ3v) is 13.5. The van der Waals surface area contributed by atoms with E-state index < -0.39 is 41.5 Å². The number of aliphatic imine (C=N–C) groups is 1. The zero-order valence-electron chi connectivity index (χ0n) is 42.0. The molecule has 73 heavy (non-hydrogen) atoms. The number of hydrogen-bond donors (Lipinski definition) is 4. The summed E-state index contributed by atoms with van der Waals surface area (Å²) < 4.78 is 29.9. The molecule has 0 radical (unpaired) electrons. The molecule has 0 aliphatic carbocycles. The Kier molecular flexibility index (Phi) is 19.2. The van der Waals surface area contributed by atoms with Crippen molar-refractivity contribution in [2.45, 2.75) is 78.2 Å². The van der Waals surface area contributed by atoms with Crippen LogP contribution in [0.2, 0.25) is 5.02 Å². The molecule has 4 atom stereocenters. The molecule has 390 valence electrons. The van der Waals surface area contributed by atoms with Crippen molar-refractivity contribution in [3.8, 4) is 21.9 Å². The number of aryl methyl sites for hydroxylation is 2. The van der Waals surface area contributed by atoms with Crippen molar-refractivity contribution in [3.63, 3.8) is 0 Å². The van der Waals surface area contributed by atoms with E-state index in [-0.39, 0.29) is 77.3 Å². The second-order valence-electron chi connectivity index (χ2n) is 18.7. The zero-order valence-corrected chi connectivity index (χ0v) is 43.6. The summed E-state index contributed by atoms with van der Waals surface area (Å²) >= 11 is 7.79. The standard InChI is InChI=1S/C52H64ClN9O10S/c1-32-47(73-31-56-32)36-9-7-34(8-10-36)28-55-50(66)43-25-38(63)29-61(43)51(67)48(52(3,4)5)58-45(65)30-72-24-23-71-22-21-70-20-19-69-18-17-54-44(64)27-41-49-60-59-33(2)62(49)42-16-15-39(68-6)26-40(42)46(57-41)35-11-13-37(53)14-12-35/h7-16,26,31,38,41,43,48,63H,17-25,27-30H2,1-6H3,(H,54,64)(H,55,66)(H,58,65)/t38-,41?,43+,48?/m1/s1. The van der Waals surface area contributed by atoms with Gasteiger partial charge in [-0.25, -0.2) is 4.98 Å². The predicted octanol–water partition coefficient (Wildman–Crippen LogP) is 4.94. The van der Waals surface area contributed by atoms with Gasteiger partial charge in [0.15, 0.2) is 5.82 Å². The summed E-state index contributed by atoms with van der Waals surface area (Å²) in [5.74, 6) is 0.305. The first kappa shape index (κ1) is 54.6. The number of ether oxygens (including phenoxy) is 5. The van der Waals surface area contributed by atoms with Crippen molar-refractivity contribution >= 4 is 52.3 Å². The Hall–Kier alpha value is -6.13. The highest BCUT2D eigenvalue weighted by Gasteiger charge is 2.44. The summed E-state index contributed by atoms with van der Waals surface area (Å²) in [4.78, 5) is 65.5. The van der Waals surface area contributed by atoms with Crippen LogP contribution in [0.4, 0.5) is 0 Å². The lowest BCUT2D eigenvalue weighted by Gasteiger charge is -2.35. The molecular formula is C52H64ClN9O10S. The quantitative estimate of drug-likeness (QED) is 0.0601. The Balaban J connectivity index is 0.757. The maximum absolute atomic E-state index is 14.0. The molecule has 2 aliphatic rings. The van der Waals surface area contributed by atoms with Gasteiger partial charge in [0, 0.05) is 42.2 Å². The number of nitrogens with zero attached hydrogens (tertiary/aromatic N) is 6. The third-order valence-electron chi connectivity index (χ3n) is 12.3. The van der Waals surface area contributed by atoms with Crippen molar-refractivity contribution in [1.82, 2.24) is 40.6 Å². The van der Waals surface area contributed by atoms with Gasteiger partial charge in [-0.15, -0.1) is 21.5 Å². The van der Waals surface area contributed by atoms with E-state index in [9.17, 15) is 24.3 Å². The summed E-state index contributed by atoms with van der Waals surface area (Å²) in [5.41, 5.74) is 7.11. The number of carbonyl (C=O) groups is 4. The number of rotatable bonds is 24. The summed E-state index contributed by atoms with van der Waals surface area (Å²) in [6, 6.07) is 18.4. The molecule has 19 nitrogen and oxygen atoms in total. The lowest BCUT2D eigenvalue weighted by molar-refractivity contribution is -0.144. The normalized spacial score (nSPS) is 16.7. The largest absolute Gasteiger partial charge is 0.497 e. The van der Waals surface area contributed by atoms with Crippen LogP contribution in [0, 0.1) is 19.3 Å². The van der Waals surface area contributed by atoms with Crippen LogP contribution in [-0.2, 0) is 44.7 Å². The topological polar surface area (TPSA) is 230 Å². The van der Waals surface area contributed by atoms with Gasteiger partial charge in [0.05, 0.1) is 93.4 Å². The fourth-order valence-corrected chi connectivity index (χ4v) is 9.43. The van der Waals surface area contributed by atoms with Crippen LogP contribution in [-0.4, -0.2) is 150 Å². The number of aliphatic hydroxyl groups excluding tert-OH is 1. The molecule has 4 N–H and O–H groups in total. The van der Waals surface area contributed by atoms with E-state index >= 15 is 0 Å². The van der Waals surface area contributed by atoms with Gasteiger partial charge in [-0.05, 0) is 60.7 Å². The molecule has 4 heterocycles. The highest BCUT2D eigenvalue weighted by atomic mass is 35.5. The molecule has 5 aromatic rings. The summed E-state index contributed by atoms with van der Waals surface area (Å²) in [7, 11) is 1.61. The first-order valence-corrected chi connectivity index (χ1v) is 25.4. The maximum atomic E-state index is 14.0. The summed E-state index contributed by atoms with van der Waals surface area (Å²) in [5, 5.41) is 28.5. The molecule has 1 saturated heterocycles. The smallest absolute Gasteiger partial charge is 0.246 e. The van der Waals surface area contributed by atoms with E-state index in [0.29, 0.717) is 48.0 Å². The van der Waals surface area contributed by atoms with Gasteiger partial charge >= 0.3 is 0 Å². The number of methoxy groups -OCH3 is 1. The second kappa shape index (κ2) is 25.7. The van der Waals surface area contributed by atoms with Crippen LogP contribution >= 0.6 is 22.9 Å². The molecule has 21 heteroatoms. The van der Waals surface area contributed by atoms with E-state index in [4.69, 9.17) is 40.3 Å². The Bertz CT molecular complexity index is 2710. The minimum absolute atomic E-state index is 0.0283. The Labute approximate surface area is 434 Å². The molecule has 2 unspecified atom stereocenters. The van der Waals surface area contributed by atoms with Gasteiger partial charge in [0.1, 0.15) is 36.3 Å². The average molecular weight is 1040 g/mol. The molecule has 4 amide bonds. The first-order chi connectivity index (χ1) is 35.1. The molecule has 0 spiro atoms. The van der Waals surface area contributed by atoms with Crippen LogP contribution in [0.15, 0.2) is 77.2 Å². The molecule has 0 bridgehead atoms. The predicted molar refractivity (Wildman–Crippen MR) is 275 cm³/mol. The number of halogens is 1. The Morgan fingerprint density at radius 1 is 0.849 bits per heavy atom. The monoisotopic (exact) mass is 1040 g/mol. The van der Waals surface area contributed by atoms with Crippen LogP contribution in [0.5, 0.6) is 5.75 Å². The van der Waals surface area contributed by atoms with Crippen molar-refractivity contribution in [1.29, 1.82) is 0 Å². The number of thiazole rings is 1. The van der Waals surface area contributed by atoms with Gasteiger partial charge in [0.2, 0.25) is 23.6 Å². The Morgan fingerprint density at radius 2 is 1.52 bits per heavy atom. The number of amides is 4. The number of aliphatic hydroxyl groups is 1. The van der Waals surface area contributed by atoms with Crippen molar-refractivity contribution in [2.75, 3.05) is 73.1 Å². The number of fused-ring (bicyclic) bond motifs is 3. The molecule has 3 aromatic carbocycles. The van der Waals surface area contributed by atoms with Crippen LogP contribution < -0.4 is 20.7 Å². The number of likely N-dealkylation sites (tertiary alicyclic amines) is 1. The number of β-amino-alcohol motifs (C(OH)–C–C–N with tert-alkyl or cyclic N) is 1. The van der Waals surface area contributed by atoms with Crippen molar-refractivity contribution in [2.24, 2.45) is 10.4 Å². The van der Waals surface area contributed by atoms with Crippen LogP contribution in [0.1, 0.15) is 73.7 Å². The molecule has 0 saturated carbocycles. The molecular weight excluding hydrogens is 978 g/mol. The van der Waals surface area contributed by atoms with E-state index in [1.165, 1.54) is 4.90 Å². The first-order valence-electron chi connectivity index (χ1n) is 24.2. The zero-order chi connectivity index (χ0) is 52.1. The Morgan fingerprint density at radius 3 is 2.18 bits per heavy atom. The van der Waals surface area contributed by atoms with Crippen molar-refractivity contribution < 1.29 is 48.0 Å². The van der Waals surface area contributed by atoms with E-state index in [2.05, 4.69) is 31.1 Å². The lowest BCUT2D eigenvalue weighted by atomic mass is 9.85. The molecule has 1 fully saturated rings. The number of aromatic nitrogens is 4. The fourth-order valence-electron chi connectivity index (χ4n) is 8.49. The summed E-state index contributed by atoms with van der Waals surface area (Å²) in [6.45, 7) is 11.3. The van der Waals surface area contributed by atoms with Gasteiger partial charge in [-0.1, -0.05) is 68.8 Å². The van der Waals surface area contributed by atoms with Crippen LogP contribution in [0.3, 0.4) is 0 Å². The lowest BCUT2D eigenvalue weighted by Crippen LogP contribution is -2.58. The third kappa shape index (κ3) is 14.6. The molecule has 7 rings (SSSR count). The highest BCUT2D eigenvalue weighted by Crippen LogP contribution is 2.35. The van der Waals surface area contributed by atoms with Gasteiger partial charge in [0.25, 0.3) is 0 Å². The average Bonchev–Trinajstić information content (AvgIpc) is 4.08. The van der Waals surface area contributed by atoms with Gasteiger partial charge < -0.3 is 49.6 Å². The van der Waals surface area contributed by atoms with Gasteiger partial charge in [-0.2, -0.15) is 0 Å². The summed E-state index contributed by atoms with van der Waals surface area (Å²) in [6.07, 6.45) is -0.767. The van der Waals surface area contributed by atoms with Crippen molar-refractivity contribution in [3.05, 3.63) is 111 Å². The van der Waals surface area contributed by atoms with Crippen LogP contribution in [0.25, 0.3) is 16.1 Å². The minimum Gasteiger partial charge on any atom is -0.497 e. The van der Waals surface area contributed by atoms with E-state index in [1.54, 1.807) is 30.6 Å². The van der Waals surface area contributed by atoms with E-state index in [1.807, 2.05) is 99.3 Å². The maximum Gasteiger partial charge on any atom is 0.246 e. The highest BCUT2D eigenvalue weighted by molar-refractivity contribution is 7.13. The SMILES string of the molecule is COc1ccc2c(c1)C(c1ccc(Cl)cc1)=NC(CC(=O)NCCOCCOCCOCCOCC(=O)NC(C(=O)N1C[C@H](O)C[C@H]1C(=O)NCc1ccc(-c3scnc3C)cc1)C(C)(C)C)c1nnc(C)n1-2. The fraction of sp³-hybridized carbons (Fsp3) is 0.462. The minimum atomic E-state index is -0.982.